The van der Waals surface area contributed by atoms with Gasteiger partial charge in [0.2, 0.25) is 0 Å². The summed E-state index contributed by atoms with van der Waals surface area (Å²) in [5.74, 6) is -1.38. The number of H-pyrrole nitrogens is 1. The summed E-state index contributed by atoms with van der Waals surface area (Å²) in [5.41, 5.74) is -1.38. The molecule has 8 heteroatoms. The Morgan fingerprint density at radius 3 is 2.45 bits per heavy atom. The number of carbonyl (C=O) groups excluding carboxylic acids is 2. The van der Waals surface area contributed by atoms with Crippen LogP contribution in [0, 0.1) is 0 Å². The maximum Gasteiger partial charge on any atom is 0.329 e. The highest BCUT2D eigenvalue weighted by Crippen LogP contribution is 2.12. The molecular weight excluding hydrogens is 268 g/mol. The molecule has 0 radical (unpaired) electrons. The van der Waals surface area contributed by atoms with E-state index in [2.05, 4.69) is 0 Å². The first kappa shape index (κ1) is 15.7. The number of carbonyl (C=O) groups is 2. The maximum atomic E-state index is 11.8. The van der Waals surface area contributed by atoms with Gasteiger partial charge in [-0.15, -0.1) is 0 Å². The average Bonchev–Trinajstić information content (AvgIpc) is 2.37. The minimum atomic E-state index is -1.17. The number of nitrogens with one attached hydrogen (secondary N) is 1. The smallest absolute Gasteiger partial charge is 0.329 e. The highest BCUT2D eigenvalue weighted by molar-refractivity contribution is 5.81. The number of aromatic nitrogens is 2. The molecule has 1 aromatic heterocycles. The third-order valence-corrected chi connectivity index (χ3v) is 2.41. The van der Waals surface area contributed by atoms with Gasteiger partial charge in [0.05, 0.1) is 19.6 Å². The first-order valence-corrected chi connectivity index (χ1v) is 6.13. The molecule has 1 N–H and O–H groups in total. The molecule has 1 aromatic rings. The lowest BCUT2D eigenvalue weighted by molar-refractivity contribution is -0.154. The van der Waals surface area contributed by atoms with Crippen LogP contribution in [0.3, 0.4) is 0 Å². The minimum Gasteiger partial charge on any atom is -0.466 e. The van der Waals surface area contributed by atoms with Gasteiger partial charge in [-0.1, -0.05) is 0 Å². The van der Waals surface area contributed by atoms with Crippen LogP contribution >= 0.6 is 0 Å². The Morgan fingerprint density at radius 2 is 1.90 bits per heavy atom. The monoisotopic (exact) mass is 284 g/mol. The zero-order chi connectivity index (χ0) is 15.1. The Kier molecular flexibility index (Phi) is 5.70. The second-order valence-corrected chi connectivity index (χ2v) is 3.79. The van der Waals surface area contributed by atoms with Crippen molar-refractivity contribution in [1.82, 2.24) is 9.55 Å². The van der Waals surface area contributed by atoms with Crippen LogP contribution in [-0.4, -0.2) is 34.7 Å². The molecule has 8 nitrogen and oxygen atoms in total. The van der Waals surface area contributed by atoms with Crippen LogP contribution in [0.25, 0.3) is 0 Å². The summed E-state index contributed by atoms with van der Waals surface area (Å²) in [5, 5.41) is 0. The summed E-state index contributed by atoms with van der Waals surface area (Å²) in [6.45, 7) is 3.50. The van der Waals surface area contributed by atoms with Crippen molar-refractivity contribution in [3.05, 3.63) is 33.1 Å². The van der Waals surface area contributed by atoms with Crippen molar-refractivity contribution in [3.63, 3.8) is 0 Å². The fourth-order valence-corrected chi connectivity index (χ4v) is 1.58. The third kappa shape index (κ3) is 4.08. The van der Waals surface area contributed by atoms with Crippen LogP contribution in [-0.2, 0) is 19.1 Å². The van der Waals surface area contributed by atoms with Crippen LogP contribution < -0.4 is 11.2 Å². The van der Waals surface area contributed by atoms with Crippen molar-refractivity contribution < 1.29 is 19.1 Å². The molecule has 1 atom stereocenters. The van der Waals surface area contributed by atoms with Crippen LogP contribution in [0.1, 0.15) is 26.3 Å². The topological polar surface area (TPSA) is 107 Å². The molecule has 0 fully saturated rings. The van der Waals surface area contributed by atoms with Gasteiger partial charge < -0.3 is 9.47 Å². The number of rotatable bonds is 6. The van der Waals surface area contributed by atoms with Crippen molar-refractivity contribution in [2.24, 2.45) is 0 Å². The fraction of sp³-hybridized carbons (Fsp3) is 0.500. The quantitative estimate of drug-likeness (QED) is 0.712. The van der Waals surface area contributed by atoms with Crippen LogP contribution in [0.2, 0.25) is 0 Å². The zero-order valence-electron chi connectivity index (χ0n) is 11.3. The summed E-state index contributed by atoms with van der Waals surface area (Å²) in [4.78, 5) is 48.0. The Labute approximate surface area is 114 Å². The summed E-state index contributed by atoms with van der Waals surface area (Å²) >= 11 is 0. The number of aromatic amines is 1. The number of ether oxygens (including phenoxy) is 2. The lowest BCUT2D eigenvalue weighted by Gasteiger charge is -2.16. The van der Waals surface area contributed by atoms with E-state index in [9.17, 15) is 19.2 Å². The summed E-state index contributed by atoms with van der Waals surface area (Å²) in [6.07, 6.45) is 0.792. The largest absolute Gasteiger partial charge is 0.466 e. The van der Waals surface area contributed by atoms with Gasteiger partial charge in [-0.2, -0.15) is 0 Å². The molecule has 0 aliphatic rings. The molecular formula is C12H16N2O6. The van der Waals surface area contributed by atoms with E-state index in [1.54, 1.807) is 13.8 Å². The number of nitrogens with zero attached hydrogens (tertiary/aromatic N) is 1. The molecule has 0 saturated heterocycles. The standard InChI is InChI=1S/C12H16N2O6/c1-3-19-10(16)7-8(11(17)20-4-2)14-6-5-9(15)13-12(14)18/h5-6,8H,3-4,7H2,1-2H3,(H,13,15,18). The molecule has 20 heavy (non-hydrogen) atoms. The van der Waals surface area contributed by atoms with E-state index in [0.717, 1.165) is 16.8 Å². The highest BCUT2D eigenvalue weighted by atomic mass is 16.5. The van der Waals surface area contributed by atoms with E-state index < -0.39 is 29.2 Å². The molecule has 0 spiro atoms. The molecule has 0 bridgehead atoms. The van der Waals surface area contributed by atoms with Gasteiger partial charge in [-0.3, -0.25) is 19.1 Å². The molecule has 0 aliphatic heterocycles. The fourth-order valence-electron chi connectivity index (χ4n) is 1.58. The molecule has 0 saturated carbocycles. The first-order chi connectivity index (χ1) is 9.49. The van der Waals surface area contributed by atoms with Crippen molar-refractivity contribution in [2.75, 3.05) is 13.2 Å². The zero-order valence-corrected chi connectivity index (χ0v) is 11.3. The summed E-state index contributed by atoms with van der Waals surface area (Å²) in [7, 11) is 0. The molecule has 1 unspecified atom stereocenters. The van der Waals surface area contributed by atoms with Crippen molar-refractivity contribution in [3.8, 4) is 0 Å². The molecule has 0 amide bonds. The van der Waals surface area contributed by atoms with Gasteiger partial charge in [0.15, 0.2) is 0 Å². The highest BCUT2D eigenvalue weighted by Gasteiger charge is 2.26. The minimum absolute atomic E-state index is 0.107. The van der Waals surface area contributed by atoms with E-state index in [1.165, 1.54) is 0 Å². The Bertz CT molecular complexity index is 588. The Morgan fingerprint density at radius 1 is 1.25 bits per heavy atom. The van der Waals surface area contributed by atoms with Crippen LogP contribution in [0.4, 0.5) is 0 Å². The lowest BCUT2D eigenvalue weighted by atomic mass is 10.2. The predicted molar refractivity (Wildman–Crippen MR) is 68.2 cm³/mol. The summed E-state index contributed by atoms with van der Waals surface area (Å²) < 4.78 is 10.5. The average molecular weight is 284 g/mol. The van der Waals surface area contributed by atoms with Gasteiger partial charge in [-0.25, -0.2) is 9.59 Å². The summed E-state index contributed by atoms with van der Waals surface area (Å²) in [6, 6.07) is -0.0861. The van der Waals surface area contributed by atoms with Crippen molar-refractivity contribution in [2.45, 2.75) is 26.3 Å². The number of esters is 2. The second-order valence-electron chi connectivity index (χ2n) is 3.79. The predicted octanol–water partition coefficient (Wildman–Crippen LogP) is -0.406. The second kappa shape index (κ2) is 7.27. The molecule has 1 rings (SSSR count). The maximum absolute atomic E-state index is 11.8. The first-order valence-electron chi connectivity index (χ1n) is 6.13. The van der Waals surface area contributed by atoms with Crippen LogP contribution in [0.5, 0.6) is 0 Å². The number of hydrogen-bond acceptors (Lipinski definition) is 6. The SMILES string of the molecule is CCOC(=O)CC(C(=O)OCC)n1ccc(=O)[nH]c1=O. The molecule has 1 heterocycles. The van der Waals surface area contributed by atoms with Gasteiger partial charge in [0, 0.05) is 12.3 Å². The van der Waals surface area contributed by atoms with Gasteiger partial charge in [-0.05, 0) is 13.8 Å². The van der Waals surface area contributed by atoms with E-state index in [0.29, 0.717) is 0 Å². The molecule has 0 aromatic carbocycles. The molecule has 0 aliphatic carbocycles. The van der Waals surface area contributed by atoms with E-state index in [-0.39, 0.29) is 19.6 Å². The van der Waals surface area contributed by atoms with E-state index >= 15 is 0 Å². The van der Waals surface area contributed by atoms with Crippen molar-refractivity contribution >= 4 is 11.9 Å². The Hall–Kier alpha value is -2.38. The van der Waals surface area contributed by atoms with Crippen LogP contribution in [0.15, 0.2) is 21.9 Å². The number of hydrogen-bond donors (Lipinski definition) is 1. The van der Waals surface area contributed by atoms with Gasteiger partial charge >= 0.3 is 17.6 Å². The van der Waals surface area contributed by atoms with Gasteiger partial charge in [0.1, 0.15) is 6.04 Å². The van der Waals surface area contributed by atoms with Crippen molar-refractivity contribution in [1.29, 1.82) is 0 Å². The van der Waals surface area contributed by atoms with Gasteiger partial charge in [0.25, 0.3) is 5.56 Å². The molecule has 110 valence electrons. The third-order valence-electron chi connectivity index (χ3n) is 2.41. The normalized spacial score (nSPS) is 11.7. The van der Waals surface area contributed by atoms with E-state index in [1.807, 2.05) is 4.98 Å². The Balaban J connectivity index is 3.09. The van der Waals surface area contributed by atoms with E-state index in [4.69, 9.17) is 9.47 Å². The lowest BCUT2D eigenvalue weighted by Crippen LogP contribution is -2.36.